The van der Waals surface area contributed by atoms with E-state index in [1.165, 1.54) is 38.5 Å². The Kier molecular flexibility index (Phi) is 5.95. The minimum Gasteiger partial charge on any atom is -0.460 e. The first-order chi connectivity index (χ1) is 12.2. The summed E-state index contributed by atoms with van der Waals surface area (Å²) in [6.07, 6.45) is 8.95. The molecular formula is C21H35NO4. The van der Waals surface area contributed by atoms with Gasteiger partial charge in [0, 0.05) is 13.0 Å². The smallest absolute Gasteiger partial charge is 0.308 e. The highest BCUT2D eigenvalue weighted by Crippen LogP contribution is 2.61. The van der Waals surface area contributed by atoms with Gasteiger partial charge >= 0.3 is 5.97 Å². The molecule has 4 aliphatic carbocycles. The SMILES string of the molecule is CC(C)(C)OC(=O)CCOCCNC(=O)CC12CC3CC(CC(C3)C1)C2. The maximum Gasteiger partial charge on any atom is 0.308 e. The molecule has 0 saturated heterocycles. The molecule has 4 aliphatic rings. The van der Waals surface area contributed by atoms with Gasteiger partial charge in [-0.15, -0.1) is 0 Å². The van der Waals surface area contributed by atoms with E-state index in [9.17, 15) is 9.59 Å². The molecule has 0 aromatic carbocycles. The molecule has 0 spiro atoms. The van der Waals surface area contributed by atoms with E-state index >= 15 is 0 Å². The van der Waals surface area contributed by atoms with Crippen LogP contribution >= 0.6 is 0 Å². The molecule has 5 nitrogen and oxygen atoms in total. The Morgan fingerprint density at radius 2 is 1.58 bits per heavy atom. The molecule has 5 heteroatoms. The van der Waals surface area contributed by atoms with E-state index in [1.54, 1.807) is 0 Å². The number of ether oxygens (including phenoxy) is 2. The second-order valence-corrected chi connectivity index (χ2v) is 9.89. The van der Waals surface area contributed by atoms with E-state index in [-0.39, 0.29) is 23.7 Å². The third kappa shape index (κ3) is 5.45. The van der Waals surface area contributed by atoms with Crippen LogP contribution in [0.1, 0.15) is 72.1 Å². The van der Waals surface area contributed by atoms with Crippen molar-refractivity contribution in [3.8, 4) is 0 Å². The molecule has 0 atom stereocenters. The van der Waals surface area contributed by atoms with Gasteiger partial charge in [-0.3, -0.25) is 9.59 Å². The van der Waals surface area contributed by atoms with E-state index in [0.29, 0.717) is 26.2 Å². The van der Waals surface area contributed by atoms with E-state index in [0.717, 1.165) is 17.8 Å². The lowest BCUT2D eigenvalue weighted by Gasteiger charge is -2.56. The van der Waals surface area contributed by atoms with Crippen LogP contribution in [-0.2, 0) is 19.1 Å². The first-order valence-corrected chi connectivity index (χ1v) is 10.3. The van der Waals surface area contributed by atoms with Gasteiger partial charge in [-0.25, -0.2) is 0 Å². The van der Waals surface area contributed by atoms with Crippen LogP contribution in [0.4, 0.5) is 0 Å². The molecule has 4 rings (SSSR count). The molecule has 0 radical (unpaired) electrons. The molecule has 4 bridgehead atoms. The topological polar surface area (TPSA) is 64.6 Å². The van der Waals surface area contributed by atoms with Gasteiger partial charge in [-0.05, 0) is 82.5 Å². The molecule has 148 valence electrons. The van der Waals surface area contributed by atoms with Gasteiger partial charge in [0.15, 0.2) is 0 Å². The van der Waals surface area contributed by atoms with Crippen LogP contribution in [-0.4, -0.2) is 37.2 Å². The lowest BCUT2D eigenvalue weighted by molar-refractivity contribution is -0.156. The Morgan fingerprint density at radius 1 is 1.00 bits per heavy atom. The Balaban J connectivity index is 1.28. The average molecular weight is 366 g/mol. The largest absolute Gasteiger partial charge is 0.460 e. The van der Waals surface area contributed by atoms with Gasteiger partial charge in [0.2, 0.25) is 5.91 Å². The van der Waals surface area contributed by atoms with Gasteiger partial charge in [-0.1, -0.05) is 0 Å². The van der Waals surface area contributed by atoms with Crippen molar-refractivity contribution in [2.24, 2.45) is 23.2 Å². The molecule has 0 heterocycles. The van der Waals surface area contributed by atoms with Crippen LogP contribution in [0.5, 0.6) is 0 Å². The third-order valence-corrected chi connectivity index (χ3v) is 6.14. The normalized spacial score (nSPS) is 32.5. The van der Waals surface area contributed by atoms with Crippen LogP contribution in [0, 0.1) is 23.2 Å². The van der Waals surface area contributed by atoms with Crippen LogP contribution in [0.15, 0.2) is 0 Å². The maximum atomic E-state index is 12.4. The minimum atomic E-state index is -0.456. The highest BCUT2D eigenvalue weighted by molar-refractivity contribution is 5.76. The molecule has 1 N–H and O–H groups in total. The highest BCUT2D eigenvalue weighted by atomic mass is 16.6. The Labute approximate surface area is 157 Å². The summed E-state index contributed by atoms with van der Waals surface area (Å²) < 4.78 is 10.7. The second-order valence-electron chi connectivity index (χ2n) is 9.89. The zero-order valence-corrected chi connectivity index (χ0v) is 16.6. The van der Waals surface area contributed by atoms with Crippen LogP contribution in [0.2, 0.25) is 0 Å². The summed E-state index contributed by atoms with van der Waals surface area (Å²) in [5.41, 5.74) is -0.168. The van der Waals surface area contributed by atoms with Gasteiger partial charge in [0.05, 0.1) is 19.6 Å². The summed E-state index contributed by atoms with van der Waals surface area (Å²) in [6, 6.07) is 0. The first kappa shape index (κ1) is 19.7. The molecule has 0 aliphatic heterocycles. The summed E-state index contributed by atoms with van der Waals surface area (Å²) in [4.78, 5) is 24.0. The lowest BCUT2D eigenvalue weighted by Crippen LogP contribution is -2.48. The number of esters is 1. The van der Waals surface area contributed by atoms with Crippen molar-refractivity contribution in [2.75, 3.05) is 19.8 Å². The molecule has 0 aromatic rings. The first-order valence-electron chi connectivity index (χ1n) is 10.3. The fourth-order valence-electron chi connectivity index (χ4n) is 5.82. The fraction of sp³-hybridized carbons (Fsp3) is 0.905. The number of carbonyl (C=O) groups is 2. The molecular weight excluding hydrogens is 330 g/mol. The summed E-state index contributed by atoms with van der Waals surface area (Å²) in [7, 11) is 0. The Hall–Kier alpha value is -1.10. The zero-order valence-electron chi connectivity index (χ0n) is 16.6. The number of carbonyl (C=O) groups excluding carboxylic acids is 2. The summed E-state index contributed by atoms with van der Waals surface area (Å²) in [5.74, 6) is 2.56. The third-order valence-electron chi connectivity index (χ3n) is 6.14. The molecule has 26 heavy (non-hydrogen) atoms. The molecule has 1 amide bonds. The molecule has 0 aromatic heterocycles. The van der Waals surface area contributed by atoms with E-state index in [4.69, 9.17) is 9.47 Å². The van der Waals surface area contributed by atoms with Crippen molar-refractivity contribution < 1.29 is 19.1 Å². The lowest BCUT2D eigenvalue weighted by atomic mass is 9.49. The van der Waals surface area contributed by atoms with E-state index < -0.39 is 5.60 Å². The summed E-state index contributed by atoms with van der Waals surface area (Å²) in [5, 5.41) is 3.00. The summed E-state index contributed by atoms with van der Waals surface area (Å²) >= 11 is 0. The average Bonchev–Trinajstić information content (AvgIpc) is 2.47. The highest BCUT2D eigenvalue weighted by Gasteiger charge is 2.51. The zero-order chi connectivity index (χ0) is 18.8. The van der Waals surface area contributed by atoms with Gasteiger partial charge < -0.3 is 14.8 Å². The molecule has 4 saturated carbocycles. The number of nitrogens with one attached hydrogen (secondary N) is 1. The van der Waals surface area contributed by atoms with Crippen molar-refractivity contribution in [3.05, 3.63) is 0 Å². The Morgan fingerprint density at radius 3 is 2.12 bits per heavy atom. The van der Waals surface area contributed by atoms with Crippen molar-refractivity contribution >= 4 is 11.9 Å². The van der Waals surface area contributed by atoms with Crippen molar-refractivity contribution in [1.82, 2.24) is 5.32 Å². The van der Waals surface area contributed by atoms with E-state index in [1.807, 2.05) is 20.8 Å². The molecule has 4 fully saturated rings. The maximum absolute atomic E-state index is 12.4. The van der Waals surface area contributed by atoms with Crippen LogP contribution < -0.4 is 5.32 Å². The minimum absolute atomic E-state index is 0.169. The van der Waals surface area contributed by atoms with Crippen LogP contribution in [0.3, 0.4) is 0 Å². The van der Waals surface area contributed by atoms with Crippen LogP contribution in [0.25, 0.3) is 0 Å². The van der Waals surface area contributed by atoms with Gasteiger partial charge in [-0.2, -0.15) is 0 Å². The van der Waals surface area contributed by atoms with Crippen molar-refractivity contribution in [2.45, 2.75) is 77.7 Å². The monoisotopic (exact) mass is 365 g/mol. The number of hydrogen-bond donors (Lipinski definition) is 1. The number of amides is 1. The quantitative estimate of drug-likeness (QED) is 0.528. The van der Waals surface area contributed by atoms with Crippen molar-refractivity contribution in [3.63, 3.8) is 0 Å². The van der Waals surface area contributed by atoms with Gasteiger partial charge in [0.25, 0.3) is 0 Å². The van der Waals surface area contributed by atoms with Crippen molar-refractivity contribution in [1.29, 1.82) is 0 Å². The standard InChI is InChI=1S/C21H35NO4/c1-20(2,3)26-19(24)4-6-25-7-5-22-18(23)14-21-11-15-8-16(12-21)10-17(9-15)13-21/h15-17H,4-14H2,1-3H3,(H,22,23). The predicted octanol–water partition coefficient (Wildman–Crippen LogP) is 3.46. The van der Waals surface area contributed by atoms with E-state index in [2.05, 4.69) is 5.32 Å². The predicted molar refractivity (Wildman–Crippen MR) is 99.5 cm³/mol. The fourth-order valence-corrected chi connectivity index (χ4v) is 5.82. The number of hydrogen-bond acceptors (Lipinski definition) is 4. The molecule has 0 unspecified atom stereocenters. The number of rotatable bonds is 8. The van der Waals surface area contributed by atoms with Gasteiger partial charge in [0.1, 0.15) is 5.60 Å². The summed E-state index contributed by atoms with van der Waals surface area (Å²) in [6.45, 7) is 6.84. The second kappa shape index (κ2) is 7.87. The Bertz CT molecular complexity index is 487.